The summed E-state index contributed by atoms with van der Waals surface area (Å²) in [4.78, 5) is 26.0. The second-order valence-electron chi connectivity index (χ2n) is 5.68. The number of nitrogens with one attached hydrogen (secondary N) is 1. The topological polar surface area (TPSA) is 49.4 Å². The van der Waals surface area contributed by atoms with Crippen molar-refractivity contribution in [2.45, 2.75) is 44.2 Å². The van der Waals surface area contributed by atoms with Crippen LogP contribution < -0.4 is 5.32 Å². The summed E-state index contributed by atoms with van der Waals surface area (Å²) in [7, 11) is 0. The van der Waals surface area contributed by atoms with Gasteiger partial charge in [-0.05, 0) is 24.8 Å². The molecule has 2 bridgehead atoms. The first-order chi connectivity index (χ1) is 9.74. The predicted octanol–water partition coefficient (Wildman–Crippen LogP) is 1.50. The molecule has 4 nitrogen and oxygen atoms in total. The number of carbonyl (C=O) groups excluding carboxylic acids is 2. The lowest BCUT2D eigenvalue weighted by Gasteiger charge is -2.27. The lowest BCUT2D eigenvalue weighted by molar-refractivity contribution is -0.133. The molecular formula is C16H20N2O2. The molecule has 0 spiro atoms. The molecule has 106 valence electrons. The number of rotatable bonds is 3. The van der Waals surface area contributed by atoms with Crippen LogP contribution in [0.15, 0.2) is 30.3 Å². The van der Waals surface area contributed by atoms with Gasteiger partial charge in [0, 0.05) is 31.5 Å². The van der Waals surface area contributed by atoms with Gasteiger partial charge in [0.2, 0.25) is 11.8 Å². The minimum Gasteiger partial charge on any atom is -0.354 e. The normalized spacial score (nSPS) is 25.2. The molecule has 0 aliphatic carbocycles. The van der Waals surface area contributed by atoms with Gasteiger partial charge in [0.1, 0.15) is 0 Å². The van der Waals surface area contributed by atoms with Crippen LogP contribution in [0.3, 0.4) is 0 Å². The van der Waals surface area contributed by atoms with Gasteiger partial charge in [-0.3, -0.25) is 9.59 Å². The third-order valence-electron chi connectivity index (χ3n) is 4.33. The van der Waals surface area contributed by atoms with Gasteiger partial charge < -0.3 is 10.2 Å². The third-order valence-corrected chi connectivity index (χ3v) is 4.33. The Kier molecular flexibility index (Phi) is 3.72. The van der Waals surface area contributed by atoms with E-state index in [0.717, 1.165) is 19.3 Å². The Bertz CT molecular complexity index is 500. The van der Waals surface area contributed by atoms with Gasteiger partial charge in [-0.1, -0.05) is 30.3 Å². The van der Waals surface area contributed by atoms with Crippen LogP contribution >= 0.6 is 0 Å². The number of carbonyl (C=O) groups is 2. The number of amides is 2. The first-order valence-corrected chi connectivity index (χ1v) is 7.36. The van der Waals surface area contributed by atoms with E-state index in [1.54, 1.807) is 0 Å². The van der Waals surface area contributed by atoms with Gasteiger partial charge in [-0.15, -0.1) is 0 Å². The Balaban J connectivity index is 1.63. The predicted molar refractivity (Wildman–Crippen MR) is 76.0 cm³/mol. The number of benzene rings is 1. The van der Waals surface area contributed by atoms with Crippen molar-refractivity contribution >= 4 is 11.8 Å². The van der Waals surface area contributed by atoms with Gasteiger partial charge in [0.15, 0.2) is 0 Å². The number of hydrogen-bond acceptors (Lipinski definition) is 2. The molecule has 2 heterocycles. The third kappa shape index (κ3) is 2.69. The fourth-order valence-electron chi connectivity index (χ4n) is 3.31. The molecule has 3 rings (SSSR count). The zero-order valence-electron chi connectivity index (χ0n) is 11.5. The molecule has 4 heteroatoms. The van der Waals surface area contributed by atoms with Crippen molar-refractivity contribution in [2.75, 3.05) is 6.54 Å². The zero-order chi connectivity index (χ0) is 13.9. The Morgan fingerprint density at radius 2 is 1.95 bits per heavy atom. The van der Waals surface area contributed by atoms with Crippen molar-refractivity contribution < 1.29 is 9.59 Å². The van der Waals surface area contributed by atoms with Gasteiger partial charge in [0.25, 0.3) is 0 Å². The molecule has 0 aromatic heterocycles. The molecule has 0 radical (unpaired) electrons. The molecule has 2 saturated heterocycles. The molecule has 2 aliphatic rings. The highest BCUT2D eigenvalue weighted by Gasteiger charge is 2.39. The van der Waals surface area contributed by atoms with Crippen molar-refractivity contribution in [1.29, 1.82) is 0 Å². The molecule has 2 fully saturated rings. The van der Waals surface area contributed by atoms with Gasteiger partial charge in [-0.25, -0.2) is 0 Å². The maximum absolute atomic E-state index is 12.5. The highest BCUT2D eigenvalue weighted by molar-refractivity contribution is 5.81. The van der Waals surface area contributed by atoms with E-state index in [4.69, 9.17) is 0 Å². The van der Waals surface area contributed by atoms with Crippen molar-refractivity contribution in [2.24, 2.45) is 0 Å². The molecule has 0 saturated carbocycles. The Morgan fingerprint density at radius 1 is 1.20 bits per heavy atom. The van der Waals surface area contributed by atoms with E-state index in [-0.39, 0.29) is 23.9 Å². The van der Waals surface area contributed by atoms with Crippen LogP contribution in [0.2, 0.25) is 0 Å². The van der Waals surface area contributed by atoms with E-state index in [0.29, 0.717) is 19.4 Å². The number of aryl methyl sites for hydroxylation is 1. The van der Waals surface area contributed by atoms with E-state index < -0.39 is 0 Å². The van der Waals surface area contributed by atoms with Gasteiger partial charge in [0.05, 0.1) is 0 Å². The van der Waals surface area contributed by atoms with Crippen LogP contribution in [-0.4, -0.2) is 35.3 Å². The summed E-state index contributed by atoms with van der Waals surface area (Å²) in [6.45, 7) is 0.617. The summed E-state index contributed by atoms with van der Waals surface area (Å²) < 4.78 is 0. The number of hydrogen-bond donors (Lipinski definition) is 1. The second-order valence-corrected chi connectivity index (χ2v) is 5.68. The van der Waals surface area contributed by atoms with Crippen molar-refractivity contribution in [3.05, 3.63) is 35.9 Å². The second kappa shape index (κ2) is 5.65. The van der Waals surface area contributed by atoms with Crippen molar-refractivity contribution in [1.82, 2.24) is 10.2 Å². The lowest BCUT2D eigenvalue weighted by atomic mass is 10.1. The largest absolute Gasteiger partial charge is 0.354 e. The fraction of sp³-hybridized carbons (Fsp3) is 0.500. The average Bonchev–Trinajstić information content (AvgIpc) is 2.77. The highest BCUT2D eigenvalue weighted by Crippen LogP contribution is 2.29. The van der Waals surface area contributed by atoms with Crippen LogP contribution in [0.1, 0.15) is 31.2 Å². The zero-order valence-corrected chi connectivity index (χ0v) is 11.5. The van der Waals surface area contributed by atoms with Crippen LogP contribution in [0, 0.1) is 0 Å². The number of fused-ring (bicyclic) bond motifs is 2. The van der Waals surface area contributed by atoms with Gasteiger partial charge >= 0.3 is 0 Å². The van der Waals surface area contributed by atoms with E-state index in [1.807, 2.05) is 23.1 Å². The molecule has 1 aromatic carbocycles. The quantitative estimate of drug-likeness (QED) is 0.906. The lowest BCUT2D eigenvalue weighted by Crippen LogP contribution is -2.42. The first-order valence-electron chi connectivity index (χ1n) is 7.36. The molecule has 2 amide bonds. The van der Waals surface area contributed by atoms with Crippen molar-refractivity contribution in [3.63, 3.8) is 0 Å². The Morgan fingerprint density at radius 3 is 2.75 bits per heavy atom. The molecular weight excluding hydrogens is 252 g/mol. The average molecular weight is 272 g/mol. The summed E-state index contributed by atoms with van der Waals surface area (Å²) in [6, 6.07) is 10.4. The fourth-order valence-corrected chi connectivity index (χ4v) is 3.31. The maximum Gasteiger partial charge on any atom is 0.223 e. The van der Waals surface area contributed by atoms with Crippen LogP contribution in [0.25, 0.3) is 0 Å². The standard InChI is InChI=1S/C16H20N2O2/c19-15-10-13-7-8-14(11-17-15)18(13)16(20)9-6-12-4-2-1-3-5-12/h1-5,13-14H,6-11H2,(H,17,19)/t13-,14+/m0/s1. The summed E-state index contributed by atoms with van der Waals surface area (Å²) in [5, 5.41) is 2.90. The molecule has 2 atom stereocenters. The minimum absolute atomic E-state index is 0.0815. The van der Waals surface area contributed by atoms with Crippen LogP contribution in [-0.2, 0) is 16.0 Å². The summed E-state index contributed by atoms with van der Waals surface area (Å²) in [5.74, 6) is 0.274. The first kappa shape index (κ1) is 13.2. The molecule has 1 aromatic rings. The van der Waals surface area contributed by atoms with Crippen LogP contribution in [0.5, 0.6) is 0 Å². The molecule has 1 N–H and O–H groups in total. The summed E-state index contributed by atoms with van der Waals surface area (Å²) in [6.07, 6.45) is 3.76. The summed E-state index contributed by atoms with van der Waals surface area (Å²) >= 11 is 0. The van der Waals surface area contributed by atoms with E-state index in [2.05, 4.69) is 17.4 Å². The molecule has 20 heavy (non-hydrogen) atoms. The van der Waals surface area contributed by atoms with Crippen molar-refractivity contribution in [3.8, 4) is 0 Å². The monoisotopic (exact) mass is 272 g/mol. The number of nitrogens with zero attached hydrogens (tertiary/aromatic N) is 1. The SMILES string of the molecule is O=C1C[C@@H]2CC[C@H](CN1)N2C(=O)CCc1ccccc1. The smallest absolute Gasteiger partial charge is 0.223 e. The van der Waals surface area contributed by atoms with E-state index in [1.165, 1.54) is 5.56 Å². The molecule has 0 unspecified atom stereocenters. The maximum atomic E-state index is 12.5. The van der Waals surface area contributed by atoms with Gasteiger partial charge in [-0.2, -0.15) is 0 Å². The Hall–Kier alpha value is -1.84. The summed E-state index contributed by atoms with van der Waals surface area (Å²) in [5.41, 5.74) is 1.19. The Labute approximate surface area is 119 Å². The van der Waals surface area contributed by atoms with E-state index in [9.17, 15) is 9.59 Å². The molecule has 2 aliphatic heterocycles. The van der Waals surface area contributed by atoms with Crippen LogP contribution in [0.4, 0.5) is 0 Å². The van der Waals surface area contributed by atoms with E-state index >= 15 is 0 Å². The highest BCUT2D eigenvalue weighted by atomic mass is 16.2. The minimum atomic E-state index is 0.0815.